The fraction of sp³-hybridized carbons (Fsp3) is 0.267. The van der Waals surface area contributed by atoms with Gasteiger partial charge in [0.15, 0.2) is 4.96 Å². The van der Waals surface area contributed by atoms with Crippen molar-refractivity contribution in [3.8, 4) is 0 Å². The average Bonchev–Trinajstić information content (AvgIpc) is 2.99. The van der Waals surface area contributed by atoms with Gasteiger partial charge in [-0.3, -0.25) is 14.2 Å². The van der Waals surface area contributed by atoms with E-state index in [4.69, 9.17) is 0 Å². The number of hydrogen-bond donors (Lipinski definition) is 0. The molecule has 0 unspecified atom stereocenters. The van der Waals surface area contributed by atoms with Crippen molar-refractivity contribution in [1.29, 1.82) is 0 Å². The lowest BCUT2D eigenvalue weighted by Crippen LogP contribution is -2.49. The monoisotopic (exact) mass is 298 g/mol. The molecule has 0 saturated carbocycles. The van der Waals surface area contributed by atoms with Crippen LogP contribution in [0.5, 0.6) is 0 Å². The Hall–Kier alpha value is -2.21. The maximum absolute atomic E-state index is 12.2. The van der Waals surface area contributed by atoms with E-state index in [1.165, 1.54) is 5.56 Å². The van der Waals surface area contributed by atoms with E-state index in [0.717, 1.165) is 23.7 Å². The van der Waals surface area contributed by atoms with Crippen LogP contribution in [0.4, 0.5) is 0 Å². The second kappa shape index (κ2) is 4.96. The Bertz CT molecular complexity index is 745. The second-order valence-electron chi connectivity index (χ2n) is 5.28. The Morgan fingerprint density at radius 1 is 1.33 bits per heavy atom. The maximum Gasteiger partial charge on any atom is 0.228 e. The average molecular weight is 298 g/mol. The number of rotatable bonds is 3. The van der Waals surface area contributed by atoms with Crippen LogP contribution in [-0.4, -0.2) is 38.3 Å². The first-order valence-electron chi connectivity index (χ1n) is 6.88. The number of pyridine rings is 1. The van der Waals surface area contributed by atoms with E-state index in [2.05, 4.69) is 9.97 Å². The Labute approximate surface area is 125 Å². The van der Waals surface area contributed by atoms with Gasteiger partial charge in [0.25, 0.3) is 0 Å². The molecule has 106 valence electrons. The molecule has 0 atom stereocenters. The molecule has 0 spiro atoms. The van der Waals surface area contributed by atoms with Gasteiger partial charge in [-0.05, 0) is 17.7 Å². The second-order valence-corrected chi connectivity index (χ2v) is 6.15. The van der Waals surface area contributed by atoms with Crippen LogP contribution < -0.4 is 0 Å². The minimum Gasteiger partial charge on any atom is -0.341 e. The summed E-state index contributed by atoms with van der Waals surface area (Å²) < 4.78 is 1.96. The Balaban J connectivity index is 1.38. The van der Waals surface area contributed by atoms with E-state index in [0.29, 0.717) is 12.3 Å². The zero-order valence-electron chi connectivity index (χ0n) is 11.3. The van der Waals surface area contributed by atoms with Crippen LogP contribution in [0.2, 0.25) is 0 Å². The molecule has 6 heteroatoms. The summed E-state index contributed by atoms with van der Waals surface area (Å²) in [5.74, 6) is 0.605. The van der Waals surface area contributed by atoms with Gasteiger partial charge in [0, 0.05) is 49.2 Å². The summed E-state index contributed by atoms with van der Waals surface area (Å²) in [5, 5.41) is 1.99. The van der Waals surface area contributed by atoms with Crippen molar-refractivity contribution >= 4 is 22.2 Å². The lowest BCUT2D eigenvalue weighted by atomic mass is 9.92. The molecule has 1 fully saturated rings. The molecule has 1 aliphatic rings. The normalized spacial score (nSPS) is 15.3. The molecule has 1 aliphatic heterocycles. The highest BCUT2D eigenvalue weighted by atomic mass is 32.1. The molecule has 21 heavy (non-hydrogen) atoms. The molecule has 3 aromatic rings. The topological polar surface area (TPSA) is 50.5 Å². The first-order chi connectivity index (χ1) is 10.3. The van der Waals surface area contributed by atoms with Crippen molar-refractivity contribution in [2.75, 3.05) is 13.1 Å². The fourth-order valence-electron chi connectivity index (χ4n) is 2.66. The fourth-order valence-corrected chi connectivity index (χ4v) is 3.38. The van der Waals surface area contributed by atoms with Gasteiger partial charge in [-0.1, -0.05) is 0 Å². The van der Waals surface area contributed by atoms with Gasteiger partial charge in [0.05, 0.1) is 12.1 Å². The number of carbonyl (C=O) groups excluding carboxylic acids is 1. The molecule has 4 rings (SSSR count). The quantitative estimate of drug-likeness (QED) is 0.743. The Kier molecular flexibility index (Phi) is 2.96. The molecule has 0 aromatic carbocycles. The van der Waals surface area contributed by atoms with Crippen LogP contribution >= 0.6 is 11.3 Å². The van der Waals surface area contributed by atoms with Gasteiger partial charge in [0.2, 0.25) is 5.91 Å². The molecule has 3 aromatic heterocycles. The number of carbonyl (C=O) groups is 1. The number of fused-ring (bicyclic) bond motifs is 1. The van der Waals surface area contributed by atoms with Gasteiger partial charge < -0.3 is 4.90 Å². The van der Waals surface area contributed by atoms with Crippen LogP contribution in [0.1, 0.15) is 17.2 Å². The van der Waals surface area contributed by atoms with Crippen molar-refractivity contribution in [2.45, 2.75) is 12.3 Å². The summed E-state index contributed by atoms with van der Waals surface area (Å²) in [4.78, 5) is 23.6. The molecule has 1 saturated heterocycles. The SMILES string of the molecule is O=C(Cc1cn2ccsc2n1)N1CC(c2ccncc2)C1. The Morgan fingerprint density at radius 3 is 2.90 bits per heavy atom. The number of thiazole rings is 1. The summed E-state index contributed by atoms with van der Waals surface area (Å²) in [7, 11) is 0. The highest BCUT2D eigenvalue weighted by Crippen LogP contribution is 2.27. The summed E-state index contributed by atoms with van der Waals surface area (Å²) in [5.41, 5.74) is 2.11. The third kappa shape index (κ3) is 2.31. The number of hydrogen-bond acceptors (Lipinski definition) is 4. The van der Waals surface area contributed by atoms with Gasteiger partial charge in [-0.25, -0.2) is 4.98 Å². The number of nitrogens with zero attached hydrogens (tertiary/aromatic N) is 4. The maximum atomic E-state index is 12.2. The molecule has 4 heterocycles. The summed E-state index contributed by atoms with van der Waals surface area (Å²) in [6, 6.07) is 4.05. The smallest absolute Gasteiger partial charge is 0.228 e. The molecule has 1 amide bonds. The standard InChI is InChI=1S/C15H14N4OS/c20-14(7-13-10-18-5-6-21-15(18)17-13)19-8-12(9-19)11-1-3-16-4-2-11/h1-6,10,12H,7-9H2. The van der Waals surface area contributed by atoms with Gasteiger partial charge in [-0.15, -0.1) is 11.3 Å². The molecular formula is C15H14N4OS. The van der Waals surface area contributed by atoms with Crippen molar-refractivity contribution in [1.82, 2.24) is 19.3 Å². The van der Waals surface area contributed by atoms with Gasteiger partial charge in [-0.2, -0.15) is 0 Å². The lowest BCUT2D eigenvalue weighted by molar-refractivity contribution is -0.134. The van der Waals surface area contributed by atoms with Crippen molar-refractivity contribution in [3.63, 3.8) is 0 Å². The summed E-state index contributed by atoms with van der Waals surface area (Å²) >= 11 is 1.58. The van der Waals surface area contributed by atoms with Crippen LogP contribution in [0.15, 0.2) is 42.3 Å². The van der Waals surface area contributed by atoms with Crippen LogP contribution in [-0.2, 0) is 11.2 Å². The van der Waals surface area contributed by atoms with E-state index < -0.39 is 0 Å². The zero-order chi connectivity index (χ0) is 14.2. The summed E-state index contributed by atoms with van der Waals surface area (Å²) in [6.45, 7) is 1.59. The highest BCUT2D eigenvalue weighted by Gasteiger charge is 2.31. The van der Waals surface area contributed by atoms with E-state index in [-0.39, 0.29) is 5.91 Å². The van der Waals surface area contributed by atoms with Crippen molar-refractivity contribution < 1.29 is 4.79 Å². The van der Waals surface area contributed by atoms with Crippen LogP contribution in [0.3, 0.4) is 0 Å². The van der Waals surface area contributed by atoms with Crippen molar-refractivity contribution in [3.05, 3.63) is 53.6 Å². The molecule has 5 nitrogen and oxygen atoms in total. The lowest BCUT2D eigenvalue weighted by Gasteiger charge is -2.39. The molecule has 0 radical (unpaired) electrons. The number of amides is 1. The van der Waals surface area contributed by atoms with Crippen LogP contribution in [0.25, 0.3) is 4.96 Å². The Morgan fingerprint density at radius 2 is 2.14 bits per heavy atom. The van der Waals surface area contributed by atoms with E-state index in [1.807, 2.05) is 39.2 Å². The largest absolute Gasteiger partial charge is 0.341 e. The minimum absolute atomic E-state index is 0.158. The number of imidazole rings is 1. The first-order valence-corrected chi connectivity index (χ1v) is 7.76. The predicted molar refractivity (Wildman–Crippen MR) is 80.3 cm³/mol. The number of aromatic nitrogens is 3. The molecule has 0 N–H and O–H groups in total. The molecule has 0 aliphatic carbocycles. The van der Waals surface area contributed by atoms with E-state index in [9.17, 15) is 4.79 Å². The van der Waals surface area contributed by atoms with E-state index >= 15 is 0 Å². The van der Waals surface area contributed by atoms with Crippen molar-refractivity contribution in [2.24, 2.45) is 0 Å². The predicted octanol–water partition coefficient (Wildman–Crippen LogP) is 1.96. The molecular weight excluding hydrogens is 284 g/mol. The highest BCUT2D eigenvalue weighted by molar-refractivity contribution is 7.15. The summed E-state index contributed by atoms with van der Waals surface area (Å²) in [6.07, 6.45) is 7.89. The van der Waals surface area contributed by atoms with Gasteiger partial charge in [0.1, 0.15) is 0 Å². The minimum atomic E-state index is 0.158. The number of likely N-dealkylation sites (tertiary alicyclic amines) is 1. The van der Waals surface area contributed by atoms with Gasteiger partial charge >= 0.3 is 0 Å². The third-order valence-corrected chi connectivity index (χ3v) is 4.66. The molecule has 0 bridgehead atoms. The first kappa shape index (κ1) is 12.5. The third-order valence-electron chi connectivity index (χ3n) is 3.89. The van der Waals surface area contributed by atoms with E-state index in [1.54, 1.807) is 23.7 Å². The zero-order valence-corrected chi connectivity index (χ0v) is 12.2. The van der Waals surface area contributed by atoms with Crippen LogP contribution in [0, 0.1) is 0 Å².